The smallest absolute Gasteiger partial charge is 0.335 e. The molecule has 1 atom stereocenters. The van der Waals surface area contributed by atoms with E-state index >= 15 is 0 Å². The lowest BCUT2D eigenvalue weighted by Crippen LogP contribution is -2.04. The molecule has 0 spiro atoms. The zero-order chi connectivity index (χ0) is 16.5. The summed E-state index contributed by atoms with van der Waals surface area (Å²) in [7, 11) is -0.939. The van der Waals surface area contributed by atoms with Crippen molar-refractivity contribution in [1.29, 1.82) is 0 Å². The summed E-state index contributed by atoms with van der Waals surface area (Å²) in [6, 6.07) is 16.2. The van der Waals surface area contributed by atoms with Gasteiger partial charge in [0.1, 0.15) is 5.75 Å². The Hall–Kier alpha value is -2.14. The molecule has 0 aliphatic rings. The lowest BCUT2D eigenvalue weighted by atomic mass is 10.1. The van der Waals surface area contributed by atoms with Gasteiger partial charge in [0.15, 0.2) is 0 Å². The van der Waals surface area contributed by atoms with Crippen molar-refractivity contribution >= 4 is 16.8 Å². The number of ether oxygens (including phenoxy) is 1. The number of para-hydroxylation sites is 1. The summed E-state index contributed by atoms with van der Waals surface area (Å²) >= 11 is 0. The minimum atomic E-state index is -0.948. The second kappa shape index (κ2) is 9.10. The second-order valence-corrected chi connectivity index (χ2v) is 6.74. The Morgan fingerprint density at radius 1 is 1.00 bits per heavy atom. The lowest BCUT2D eigenvalue weighted by molar-refractivity contribution is 0.0697. The van der Waals surface area contributed by atoms with Gasteiger partial charge in [-0.05, 0) is 42.7 Å². The van der Waals surface area contributed by atoms with E-state index in [1.54, 1.807) is 24.3 Å². The third-order valence-corrected chi connectivity index (χ3v) is 4.71. The number of rotatable bonds is 9. The first-order chi connectivity index (χ1) is 11.1. The molecule has 2 rings (SSSR count). The molecule has 0 fully saturated rings. The molecular weight excluding hydrogens is 312 g/mol. The number of hydrogen-bond donors (Lipinski definition) is 1. The zero-order valence-electron chi connectivity index (χ0n) is 12.8. The third-order valence-electron chi connectivity index (χ3n) is 3.31. The molecule has 0 heterocycles. The Balaban J connectivity index is 1.64. The summed E-state index contributed by atoms with van der Waals surface area (Å²) in [5.74, 6) is 0.987. The molecule has 1 unspecified atom stereocenters. The van der Waals surface area contributed by atoms with Gasteiger partial charge in [-0.25, -0.2) is 4.79 Å². The van der Waals surface area contributed by atoms with E-state index in [-0.39, 0.29) is 5.56 Å². The maximum absolute atomic E-state index is 12.0. The highest BCUT2D eigenvalue weighted by Crippen LogP contribution is 2.10. The highest BCUT2D eigenvalue weighted by molar-refractivity contribution is 7.84. The van der Waals surface area contributed by atoms with E-state index in [0.29, 0.717) is 18.1 Å². The van der Waals surface area contributed by atoms with Crippen molar-refractivity contribution in [2.75, 3.05) is 12.4 Å². The molecule has 0 saturated heterocycles. The average molecular weight is 332 g/mol. The van der Waals surface area contributed by atoms with Gasteiger partial charge < -0.3 is 9.84 Å². The molecule has 0 bridgehead atoms. The Bertz CT molecular complexity index is 638. The van der Waals surface area contributed by atoms with Crippen LogP contribution in [0.3, 0.4) is 0 Å². The van der Waals surface area contributed by atoms with Crippen LogP contribution in [0.5, 0.6) is 5.75 Å². The highest BCUT2D eigenvalue weighted by Gasteiger charge is 2.05. The monoisotopic (exact) mass is 332 g/mol. The fraction of sp³-hybridized carbons (Fsp3) is 0.278. The molecule has 23 heavy (non-hydrogen) atoms. The molecule has 4 nitrogen and oxygen atoms in total. The van der Waals surface area contributed by atoms with Crippen LogP contribution in [0.25, 0.3) is 0 Å². The van der Waals surface area contributed by atoms with Crippen LogP contribution < -0.4 is 4.74 Å². The van der Waals surface area contributed by atoms with Crippen LogP contribution in [0.2, 0.25) is 0 Å². The van der Waals surface area contributed by atoms with E-state index in [0.717, 1.165) is 24.2 Å². The van der Waals surface area contributed by atoms with Crippen LogP contribution in [0.15, 0.2) is 54.6 Å². The Morgan fingerprint density at radius 2 is 1.70 bits per heavy atom. The number of carbonyl (C=O) groups is 1. The molecule has 0 amide bonds. The summed E-state index contributed by atoms with van der Waals surface area (Å²) in [5.41, 5.74) is 1.14. The number of carboxylic acids is 1. The molecule has 2 aromatic rings. The molecule has 0 aromatic heterocycles. The average Bonchev–Trinajstić information content (AvgIpc) is 2.56. The van der Waals surface area contributed by atoms with Crippen LogP contribution in [0, 0.1) is 0 Å². The van der Waals surface area contributed by atoms with Gasteiger partial charge in [-0.1, -0.05) is 30.3 Å². The van der Waals surface area contributed by atoms with Crippen molar-refractivity contribution in [2.24, 2.45) is 0 Å². The van der Waals surface area contributed by atoms with Gasteiger partial charge in [0.05, 0.1) is 12.2 Å². The molecular formula is C18H20O4S. The van der Waals surface area contributed by atoms with Crippen LogP contribution >= 0.6 is 0 Å². The first-order valence-electron chi connectivity index (χ1n) is 7.50. The number of benzene rings is 2. The van der Waals surface area contributed by atoms with E-state index in [9.17, 15) is 9.00 Å². The fourth-order valence-corrected chi connectivity index (χ4v) is 3.31. The minimum absolute atomic E-state index is 0.248. The van der Waals surface area contributed by atoms with Gasteiger partial charge in [-0.2, -0.15) is 0 Å². The van der Waals surface area contributed by atoms with Crippen molar-refractivity contribution < 1.29 is 18.8 Å². The molecule has 5 heteroatoms. The van der Waals surface area contributed by atoms with Crippen LogP contribution in [0.1, 0.15) is 28.8 Å². The standard InChI is InChI=1S/C18H20O4S/c19-18(20)16-10-8-15(9-11-16)14-23(21)13-5-4-12-22-17-6-2-1-3-7-17/h1-3,6-11H,4-5,12-14H2,(H,19,20). The molecule has 0 aliphatic heterocycles. The van der Waals surface area contributed by atoms with Crippen molar-refractivity contribution in [3.63, 3.8) is 0 Å². The van der Waals surface area contributed by atoms with Gasteiger partial charge in [0.2, 0.25) is 0 Å². The Morgan fingerprint density at radius 3 is 2.35 bits per heavy atom. The van der Waals surface area contributed by atoms with E-state index in [2.05, 4.69) is 0 Å². The number of hydrogen-bond acceptors (Lipinski definition) is 3. The van der Waals surface area contributed by atoms with Gasteiger partial charge >= 0.3 is 5.97 Å². The Kier molecular flexibility index (Phi) is 6.81. The predicted molar refractivity (Wildman–Crippen MR) is 91.3 cm³/mol. The highest BCUT2D eigenvalue weighted by atomic mass is 32.2. The summed E-state index contributed by atoms with van der Waals surface area (Å²) in [4.78, 5) is 10.8. The SMILES string of the molecule is O=C(O)c1ccc(CS(=O)CCCCOc2ccccc2)cc1. The predicted octanol–water partition coefficient (Wildman–Crippen LogP) is 3.49. The summed E-state index contributed by atoms with van der Waals surface area (Å²) in [5, 5.41) is 8.83. The summed E-state index contributed by atoms with van der Waals surface area (Å²) < 4.78 is 17.6. The number of unbranched alkanes of at least 4 members (excludes halogenated alkanes) is 1. The lowest BCUT2D eigenvalue weighted by Gasteiger charge is -2.06. The molecule has 1 N–H and O–H groups in total. The maximum Gasteiger partial charge on any atom is 0.335 e. The molecule has 2 aromatic carbocycles. The molecule has 122 valence electrons. The van der Waals surface area contributed by atoms with Crippen molar-refractivity contribution in [3.05, 3.63) is 65.7 Å². The van der Waals surface area contributed by atoms with Crippen LogP contribution in [0.4, 0.5) is 0 Å². The summed E-state index contributed by atoms with van der Waals surface area (Å²) in [6.45, 7) is 0.620. The van der Waals surface area contributed by atoms with Gasteiger partial charge in [0, 0.05) is 22.3 Å². The topological polar surface area (TPSA) is 63.6 Å². The van der Waals surface area contributed by atoms with Gasteiger partial charge in [0.25, 0.3) is 0 Å². The quantitative estimate of drug-likeness (QED) is 0.714. The normalized spacial score (nSPS) is 11.8. The zero-order valence-corrected chi connectivity index (χ0v) is 13.6. The minimum Gasteiger partial charge on any atom is -0.494 e. The van der Waals surface area contributed by atoms with E-state index in [1.165, 1.54) is 0 Å². The van der Waals surface area contributed by atoms with Crippen molar-refractivity contribution in [3.8, 4) is 5.75 Å². The summed E-state index contributed by atoms with van der Waals surface area (Å²) in [6.07, 6.45) is 1.70. The molecule has 0 aliphatic carbocycles. The first-order valence-corrected chi connectivity index (χ1v) is 8.99. The Labute approximate surface area is 138 Å². The second-order valence-electron chi connectivity index (χ2n) is 5.16. The van der Waals surface area contributed by atoms with Crippen LogP contribution in [-0.2, 0) is 16.6 Å². The van der Waals surface area contributed by atoms with E-state index in [4.69, 9.17) is 9.84 Å². The van der Waals surface area contributed by atoms with Crippen LogP contribution in [-0.4, -0.2) is 27.6 Å². The first kappa shape index (κ1) is 17.2. The molecule has 0 saturated carbocycles. The largest absolute Gasteiger partial charge is 0.494 e. The maximum atomic E-state index is 12.0. The third kappa shape index (κ3) is 6.24. The van der Waals surface area contributed by atoms with Gasteiger partial charge in [-0.15, -0.1) is 0 Å². The number of carboxylic acid groups (broad SMARTS) is 1. The van der Waals surface area contributed by atoms with Crippen molar-refractivity contribution in [2.45, 2.75) is 18.6 Å². The van der Waals surface area contributed by atoms with E-state index in [1.807, 2.05) is 30.3 Å². The van der Waals surface area contributed by atoms with Gasteiger partial charge in [-0.3, -0.25) is 4.21 Å². The van der Waals surface area contributed by atoms with E-state index < -0.39 is 16.8 Å². The molecule has 0 radical (unpaired) electrons. The van der Waals surface area contributed by atoms with Crippen molar-refractivity contribution in [1.82, 2.24) is 0 Å². The number of aromatic carboxylic acids is 1. The fourth-order valence-electron chi connectivity index (χ4n) is 2.07.